The lowest BCUT2D eigenvalue weighted by Crippen LogP contribution is -2.50. The van der Waals surface area contributed by atoms with Crippen molar-refractivity contribution < 1.29 is 9.90 Å². The van der Waals surface area contributed by atoms with Gasteiger partial charge in [-0.1, -0.05) is 67.1 Å². The van der Waals surface area contributed by atoms with E-state index in [2.05, 4.69) is 5.10 Å². The first-order chi connectivity index (χ1) is 15.9. The lowest BCUT2D eigenvalue weighted by Gasteiger charge is -2.38. The van der Waals surface area contributed by atoms with Crippen molar-refractivity contribution in [1.29, 1.82) is 0 Å². The third-order valence-electron chi connectivity index (χ3n) is 6.21. The van der Waals surface area contributed by atoms with Gasteiger partial charge in [-0.25, -0.2) is 0 Å². The predicted octanol–water partition coefficient (Wildman–Crippen LogP) is 3.22. The standard InChI is InChI=1S/C25H27ClN4O3/c1-2-25(33,19-9-5-3-6-10-19)17-22(31)29-15-13-28(14-16-29)21-18-27-30(24(32)23(21)26)20-11-7-4-8-12-20/h3-12,18,33H,2,13-17H2,1H3. The Balaban J connectivity index is 1.43. The summed E-state index contributed by atoms with van der Waals surface area (Å²) >= 11 is 6.43. The number of nitrogens with zero attached hydrogens (tertiary/aromatic N) is 4. The average molecular weight is 467 g/mol. The molecule has 2 aromatic carbocycles. The lowest BCUT2D eigenvalue weighted by atomic mass is 9.87. The molecule has 172 valence electrons. The molecule has 0 spiro atoms. The Bertz CT molecular complexity index is 1160. The summed E-state index contributed by atoms with van der Waals surface area (Å²) < 4.78 is 1.28. The van der Waals surface area contributed by atoms with Crippen LogP contribution in [0.1, 0.15) is 25.3 Å². The minimum Gasteiger partial charge on any atom is -0.385 e. The molecular formula is C25H27ClN4O3. The number of carbonyl (C=O) groups excluding carboxylic acids is 1. The molecule has 0 saturated carbocycles. The second-order valence-electron chi connectivity index (χ2n) is 8.19. The molecule has 1 unspecified atom stereocenters. The van der Waals surface area contributed by atoms with E-state index in [0.29, 0.717) is 44.0 Å². The van der Waals surface area contributed by atoms with Crippen molar-refractivity contribution in [2.75, 3.05) is 31.1 Å². The number of aliphatic hydroxyl groups is 1. The van der Waals surface area contributed by atoms with Gasteiger partial charge < -0.3 is 14.9 Å². The van der Waals surface area contributed by atoms with Crippen LogP contribution in [0.3, 0.4) is 0 Å². The summed E-state index contributed by atoms with van der Waals surface area (Å²) in [6.45, 7) is 3.89. The zero-order valence-corrected chi connectivity index (χ0v) is 19.3. The highest BCUT2D eigenvalue weighted by Gasteiger charge is 2.33. The Labute approximate surface area is 197 Å². The van der Waals surface area contributed by atoms with Crippen LogP contribution in [0, 0.1) is 0 Å². The van der Waals surface area contributed by atoms with Crippen molar-refractivity contribution in [3.8, 4) is 5.69 Å². The Morgan fingerprint density at radius 1 is 1.03 bits per heavy atom. The molecule has 3 aromatic rings. The van der Waals surface area contributed by atoms with Gasteiger partial charge in [-0.3, -0.25) is 9.59 Å². The molecule has 0 bridgehead atoms. The van der Waals surface area contributed by atoms with E-state index in [4.69, 9.17) is 11.6 Å². The highest BCUT2D eigenvalue weighted by molar-refractivity contribution is 6.33. The number of anilines is 1. The van der Waals surface area contributed by atoms with Crippen molar-refractivity contribution in [1.82, 2.24) is 14.7 Å². The fourth-order valence-electron chi connectivity index (χ4n) is 4.14. The number of halogens is 1. The molecule has 7 nitrogen and oxygen atoms in total. The van der Waals surface area contributed by atoms with E-state index in [0.717, 1.165) is 5.56 Å². The number of benzene rings is 2. The molecule has 1 saturated heterocycles. The summed E-state index contributed by atoms with van der Waals surface area (Å²) in [6, 6.07) is 18.4. The molecule has 1 aliphatic heterocycles. The van der Waals surface area contributed by atoms with Gasteiger partial charge in [0.25, 0.3) is 5.56 Å². The second kappa shape index (κ2) is 9.77. The van der Waals surface area contributed by atoms with Crippen LogP contribution in [0.25, 0.3) is 5.69 Å². The Hall–Kier alpha value is -3.16. The summed E-state index contributed by atoms with van der Waals surface area (Å²) in [5.41, 5.74) is 0.388. The molecule has 8 heteroatoms. The van der Waals surface area contributed by atoms with Gasteiger partial charge in [-0.15, -0.1) is 0 Å². The number of rotatable bonds is 6. The fourth-order valence-corrected chi connectivity index (χ4v) is 4.38. The molecule has 0 radical (unpaired) electrons. The van der Waals surface area contributed by atoms with Crippen LogP contribution in [0.5, 0.6) is 0 Å². The van der Waals surface area contributed by atoms with Gasteiger partial charge in [0, 0.05) is 26.2 Å². The molecule has 2 heterocycles. The van der Waals surface area contributed by atoms with E-state index >= 15 is 0 Å². The van der Waals surface area contributed by atoms with E-state index < -0.39 is 5.60 Å². The van der Waals surface area contributed by atoms with Gasteiger partial charge in [0.05, 0.1) is 29.6 Å². The predicted molar refractivity (Wildman–Crippen MR) is 129 cm³/mol. The molecule has 1 aromatic heterocycles. The maximum Gasteiger partial charge on any atom is 0.292 e. The van der Waals surface area contributed by atoms with Crippen molar-refractivity contribution in [2.24, 2.45) is 0 Å². The summed E-state index contributed by atoms with van der Waals surface area (Å²) in [5, 5.41) is 15.5. The summed E-state index contributed by atoms with van der Waals surface area (Å²) in [6.07, 6.45) is 2.07. The summed E-state index contributed by atoms with van der Waals surface area (Å²) in [5.74, 6) is -0.0911. The first kappa shape index (κ1) is 23.0. The van der Waals surface area contributed by atoms with Crippen LogP contribution < -0.4 is 10.5 Å². The number of hydrogen-bond donors (Lipinski definition) is 1. The molecule has 0 aliphatic carbocycles. The van der Waals surface area contributed by atoms with Gasteiger partial charge in [0.15, 0.2) is 0 Å². The zero-order chi connectivity index (χ0) is 23.4. The molecule has 1 aliphatic rings. The summed E-state index contributed by atoms with van der Waals surface area (Å²) in [7, 11) is 0. The first-order valence-corrected chi connectivity index (χ1v) is 11.4. The third kappa shape index (κ3) is 4.79. The van der Waals surface area contributed by atoms with Crippen LogP contribution in [0.4, 0.5) is 5.69 Å². The largest absolute Gasteiger partial charge is 0.385 e. The number of hydrogen-bond acceptors (Lipinski definition) is 5. The van der Waals surface area contributed by atoms with Crippen molar-refractivity contribution in [3.63, 3.8) is 0 Å². The smallest absolute Gasteiger partial charge is 0.292 e. The highest BCUT2D eigenvalue weighted by atomic mass is 35.5. The molecule has 1 atom stereocenters. The Morgan fingerprint density at radius 3 is 2.24 bits per heavy atom. The molecule has 33 heavy (non-hydrogen) atoms. The number of para-hydroxylation sites is 1. The van der Waals surface area contributed by atoms with E-state index in [1.54, 1.807) is 23.2 Å². The maximum absolute atomic E-state index is 13.0. The molecule has 1 N–H and O–H groups in total. The zero-order valence-electron chi connectivity index (χ0n) is 18.5. The minimum absolute atomic E-state index is 0.0307. The van der Waals surface area contributed by atoms with Gasteiger partial charge in [0.1, 0.15) is 5.02 Å². The summed E-state index contributed by atoms with van der Waals surface area (Å²) in [4.78, 5) is 29.5. The number of aromatic nitrogens is 2. The molecule has 1 fully saturated rings. The molecule has 1 amide bonds. The second-order valence-corrected chi connectivity index (χ2v) is 8.57. The molecular weight excluding hydrogens is 440 g/mol. The molecule has 4 rings (SSSR count). The van der Waals surface area contributed by atoms with E-state index in [-0.39, 0.29) is 22.9 Å². The van der Waals surface area contributed by atoms with Crippen molar-refractivity contribution >= 4 is 23.2 Å². The number of piperazine rings is 1. The number of amides is 1. The highest BCUT2D eigenvalue weighted by Crippen LogP contribution is 2.30. The Kier molecular flexibility index (Phi) is 6.81. The van der Waals surface area contributed by atoms with Crippen molar-refractivity contribution in [2.45, 2.75) is 25.4 Å². The van der Waals surface area contributed by atoms with Crippen LogP contribution in [0.15, 0.2) is 71.7 Å². The SMILES string of the molecule is CCC(O)(CC(=O)N1CCN(c2cnn(-c3ccccc3)c(=O)c2Cl)CC1)c1ccccc1. The quantitative estimate of drug-likeness (QED) is 0.603. The van der Waals surface area contributed by atoms with Gasteiger partial charge >= 0.3 is 0 Å². The van der Waals surface area contributed by atoms with Gasteiger partial charge in [-0.05, 0) is 24.1 Å². The van der Waals surface area contributed by atoms with Gasteiger partial charge in [-0.2, -0.15) is 9.78 Å². The van der Waals surface area contributed by atoms with Crippen LogP contribution in [0.2, 0.25) is 5.02 Å². The Morgan fingerprint density at radius 2 is 1.64 bits per heavy atom. The fraction of sp³-hybridized carbons (Fsp3) is 0.320. The maximum atomic E-state index is 13.0. The van der Waals surface area contributed by atoms with E-state index in [9.17, 15) is 14.7 Å². The minimum atomic E-state index is -1.19. The van der Waals surface area contributed by atoms with Crippen LogP contribution in [-0.4, -0.2) is 51.9 Å². The monoisotopic (exact) mass is 466 g/mol. The average Bonchev–Trinajstić information content (AvgIpc) is 2.86. The third-order valence-corrected chi connectivity index (χ3v) is 6.57. The van der Waals surface area contributed by atoms with E-state index in [1.165, 1.54) is 4.68 Å². The number of carbonyl (C=O) groups is 1. The van der Waals surface area contributed by atoms with E-state index in [1.807, 2.05) is 60.4 Å². The van der Waals surface area contributed by atoms with Gasteiger partial charge in [0.2, 0.25) is 5.91 Å². The van der Waals surface area contributed by atoms with Crippen LogP contribution in [-0.2, 0) is 10.4 Å². The first-order valence-electron chi connectivity index (χ1n) is 11.1. The van der Waals surface area contributed by atoms with Crippen LogP contribution >= 0.6 is 11.6 Å². The topological polar surface area (TPSA) is 78.7 Å². The normalized spacial score (nSPS) is 15.8. The van der Waals surface area contributed by atoms with Crippen molar-refractivity contribution in [3.05, 3.63) is 87.8 Å². The lowest BCUT2D eigenvalue weighted by molar-refractivity contribution is -0.137.